The van der Waals surface area contributed by atoms with Crippen molar-refractivity contribution in [3.8, 4) is 0 Å². The van der Waals surface area contributed by atoms with Crippen molar-refractivity contribution in [1.29, 1.82) is 0 Å². The summed E-state index contributed by atoms with van der Waals surface area (Å²) in [4.78, 5) is 7.97. The monoisotopic (exact) mass is 323 g/mol. The second-order valence-electron chi connectivity index (χ2n) is 4.81. The minimum absolute atomic E-state index is 0.0124. The van der Waals surface area contributed by atoms with Crippen LogP contribution in [0.4, 0.5) is 0 Å². The molecule has 3 aromatic heterocycles. The first-order chi connectivity index (χ1) is 10.4. The van der Waals surface area contributed by atoms with Gasteiger partial charge >= 0.3 is 0 Å². The zero-order valence-corrected chi connectivity index (χ0v) is 12.9. The quantitative estimate of drug-likeness (QED) is 0.761. The summed E-state index contributed by atoms with van der Waals surface area (Å²) in [6.45, 7) is 4.96. The summed E-state index contributed by atoms with van der Waals surface area (Å²) in [7, 11) is -3.79. The van der Waals surface area contributed by atoms with E-state index in [0.29, 0.717) is 22.7 Å². The average molecular weight is 323 g/mol. The Balaban J connectivity index is 1.92. The molecule has 116 valence electrons. The Hall–Kier alpha value is -2.33. The lowest BCUT2D eigenvalue weighted by molar-refractivity contribution is 0.383. The van der Waals surface area contributed by atoms with Gasteiger partial charge in [0.15, 0.2) is 5.82 Å². The molecule has 0 aliphatic heterocycles. The fourth-order valence-electron chi connectivity index (χ4n) is 1.92. The predicted molar refractivity (Wildman–Crippen MR) is 74.3 cm³/mol. The van der Waals surface area contributed by atoms with E-state index in [1.165, 1.54) is 12.3 Å². The second-order valence-corrected chi connectivity index (χ2v) is 6.52. The molecule has 0 unspecified atom stereocenters. The summed E-state index contributed by atoms with van der Waals surface area (Å²) in [5.41, 5.74) is 0.861. The minimum Gasteiger partial charge on any atom is -0.340 e. The van der Waals surface area contributed by atoms with Crippen LogP contribution < -0.4 is 4.72 Å². The molecule has 0 bridgehead atoms. The van der Waals surface area contributed by atoms with Gasteiger partial charge in [0.2, 0.25) is 15.9 Å². The Bertz CT molecular complexity index is 930. The fraction of sp³-hybridized carbons (Fsp3) is 0.333. The van der Waals surface area contributed by atoms with Gasteiger partial charge in [-0.15, -0.1) is 0 Å². The summed E-state index contributed by atoms with van der Waals surface area (Å²) in [5.74, 6) is 0.625. The molecule has 0 saturated heterocycles. The summed E-state index contributed by atoms with van der Waals surface area (Å²) < 4.78 is 37.1. The number of aromatic nitrogens is 4. The van der Waals surface area contributed by atoms with Crippen molar-refractivity contribution >= 4 is 21.1 Å². The molecule has 22 heavy (non-hydrogen) atoms. The van der Waals surface area contributed by atoms with Crippen molar-refractivity contribution in [1.82, 2.24) is 25.0 Å². The minimum atomic E-state index is -3.79. The van der Waals surface area contributed by atoms with Gasteiger partial charge in [0, 0.05) is 6.92 Å². The third-order valence-corrected chi connectivity index (χ3v) is 4.57. The Kier molecular flexibility index (Phi) is 3.41. The molecule has 0 spiro atoms. The predicted octanol–water partition coefficient (Wildman–Crippen LogP) is 1.26. The van der Waals surface area contributed by atoms with Crippen LogP contribution >= 0.6 is 0 Å². The van der Waals surface area contributed by atoms with Crippen LogP contribution in [-0.2, 0) is 10.0 Å². The fourth-order valence-corrected chi connectivity index (χ4v) is 3.09. The van der Waals surface area contributed by atoms with Crippen LogP contribution in [0.3, 0.4) is 0 Å². The van der Waals surface area contributed by atoms with E-state index in [-0.39, 0.29) is 10.7 Å². The van der Waals surface area contributed by atoms with Crippen LogP contribution in [0.5, 0.6) is 0 Å². The number of hydrogen-bond donors (Lipinski definition) is 1. The van der Waals surface area contributed by atoms with Gasteiger partial charge < -0.3 is 9.05 Å². The van der Waals surface area contributed by atoms with Crippen molar-refractivity contribution < 1.29 is 17.5 Å². The third kappa shape index (κ3) is 2.57. The van der Waals surface area contributed by atoms with Crippen LogP contribution in [0.2, 0.25) is 0 Å². The summed E-state index contributed by atoms with van der Waals surface area (Å²) in [6, 6.07) is 0.826. The number of aryl methyl sites for hydroxylation is 2. The average Bonchev–Trinajstić information content (AvgIpc) is 3.05. The first-order valence-electron chi connectivity index (χ1n) is 6.41. The molecule has 0 aliphatic carbocycles. The summed E-state index contributed by atoms with van der Waals surface area (Å²) in [5, 5.41) is 7.99. The molecule has 0 aliphatic rings. The van der Waals surface area contributed by atoms with Gasteiger partial charge in [-0.05, 0) is 19.9 Å². The van der Waals surface area contributed by atoms with Crippen molar-refractivity contribution in [2.75, 3.05) is 0 Å². The van der Waals surface area contributed by atoms with Gasteiger partial charge in [0.05, 0.1) is 23.3 Å². The first-order valence-corrected chi connectivity index (χ1v) is 7.90. The van der Waals surface area contributed by atoms with Crippen molar-refractivity contribution in [3.05, 3.63) is 29.7 Å². The van der Waals surface area contributed by atoms with E-state index in [2.05, 4.69) is 25.0 Å². The van der Waals surface area contributed by atoms with E-state index in [1.807, 2.05) is 0 Å². The number of fused-ring (bicyclic) bond motifs is 1. The Morgan fingerprint density at radius 2 is 2.00 bits per heavy atom. The normalized spacial score (nSPS) is 13.6. The van der Waals surface area contributed by atoms with Gasteiger partial charge in [0.25, 0.3) is 5.71 Å². The Morgan fingerprint density at radius 1 is 1.23 bits per heavy atom. The maximum atomic E-state index is 12.4. The van der Waals surface area contributed by atoms with Gasteiger partial charge in [-0.2, -0.15) is 4.98 Å². The molecular formula is C12H13N5O4S. The molecule has 3 heterocycles. The number of nitrogens with one attached hydrogen (secondary N) is 1. The highest BCUT2D eigenvalue weighted by Crippen LogP contribution is 2.21. The van der Waals surface area contributed by atoms with E-state index in [1.54, 1.807) is 20.8 Å². The number of hydrogen-bond acceptors (Lipinski definition) is 8. The lowest BCUT2D eigenvalue weighted by atomic mass is 10.3. The highest BCUT2D eigenvalue weighted by atomic mass is 32.2. The highest BCUT2D eigenvalue weighted by Gasteiger charge is 2.23. The Labute approximate surface area is 125 Å². The van der Waals surface area contributed by atoms with Crippen LogP contribution in [0.25, 0.3) is 11.1 Å². The van der Waals surface area contributed by atoms with Crippen LogP contribution in [0.15, 0.2) is 26.2 Å². The van der Waals surface area contributed by atoms with Crippen molar-refractivity contribution in [2.24, 2.45) is 0 Å². The lowest BCUT2D eigenvalue weighted by Crippen LogP contribution is -2.27. The molecule has 1 atom stereocenters. The molecule has 9 nitrogen and oxygen atoms in total. The van der Waals surface area contributed by atoms with E-state index in [4.69, 9.17) is 9.05 Å². The Morgan fingerprint density at radius 3 is 2.68 bits per heavy atom. The first kappa shape index (κ1) is 14.6. The number of nitrogens with zero attached hydrogens (tertiary/aromatic N) is 4. The lowest BCUT2D eigenvalue weighted by Gasteiger charge is -2.10. The second kappa shape index (κ2) is 5.14. The number of pyridine rings is 1. The van der Waals surface area contributed by atoms with Crippen LogP contribution in [0.1, 0.15) is 30.4 Å². The van der Waals surface area contributed by atoms with Crippen molar-refractivity contribution in [2.45, 2.75) is 31.7 Å². The molecule has 0 saturated carbocycles. The molecule has 0 radical (unpaired) electrons. The number of sulfonamides is 1. The van der Waals surface area contributed by atoms with Gasteiger partial charge in [-0.3, -0.25) is 0 Å². The van der Waals surface area contributed by atoms with Crippen molar-refractivity contribution in [3.63, 3.8) is 0 Å². The van der Waals surface area contributed by atoms with Crippen LogP contribution in [-0.4, -0.2) is 28.7 Å². The molecule has 10 heteroatoms. The maximum Gasteiger partial charge on any atom is 0.257 e. The SMILES string of the molecule is Cc1nc([C@H](C)NS(=O)(=O)c2cnc3onc(C)c3c2)no1. The highest BCUT2D eigenvalue weighted by molar-refractivity contribution is 7.89. The summed E-state index contributed by atoms with van der Waals surface area (Å²) in [6.07, 6.45) is 1.21. The third-order valence-electron chi connectivity index (χ3n) is 3.06. The zero-order valence-electron chi connectivity index (χ0n) is 12.1. The standard InChI is InChI=1S/C12H13N5O4S/c1-6-10-4-9(5-13-12(10)21-15-6)22(18,19)17-7(2)11-14-8(3)20-16-11/h4-5,7,17H,1-3H3/t7-/m0/s1. The van der Waals surface area contributed by atoms with E-state index >= 15 is 0 Å². The molecule has 0 fully saturated rings. The van der Waals surface area contributed by atoms with E-state index in [0.717, 1.165) is 0 Å². The molecule has 3 aromatic rings. The van der Waals surface area contributed by atoms with Crippen LogP contribution in [0, 0.1) is 13.8 Å². The van der Waals surface area contributed by atoms with E-state index in [9.17, 15) is 8.42 Å². The topological polar surface area (TPSA) is 124 Å². The van der Waals surface area contributed by atoms with Gasteiger partial charge in [0.1, 0.15) is 4.90 Å². The molecule has 1 N–H and O–H groups in total. The molecule has 0 amide bonds. The molecule has 3 rings (SSSR count). The maximum absolute atomic E-state index is 12.4. The zero-order chi connectivity index (χ0) is 15.9. The van der Waals surface area contributed by atoms with Gasteiger partial charge in [-0.25, -0.2) is 18.1 Å². The van der Waals surface area contributed by atoms with E-state index < -0.39 is 16.1 Å². The smallest absolute Gasteiger partial charge is 0.257 e. The molecule has 0 aromatic carbocycles. The summed E-state index contributed by atoms with van der Waals surface area (Å²) >= 11 is 0. The van der Waals surface area contributed by atoms with Gasteiger partial charge in [-0.1, -0.05) is 10.3 Å². The largest absolute Gasteiger partial charge is 0.340 e. The number of rotatable bonds is 4. The molecular weight excluding hydrogens is 310 g/mol.